The number of hydrogen-bond donors (Lipinski definition) is 4. The zero-order valence-electron chi connectivity index (χ0n) is 9.27. The van der Waals surface area contributed by atoms with E-state index in [1.165, 1.54) is 16.7 Å². The number of nitrogens with one attached hydrogen (secondary N) is 4. The number of rotatable bonds is 2. The topological polar surface area (TPSA) is 48.1 Å². The molecule has 0 aliphatic carbocycles. The molecular formula is C13H14N4. The van der Waals surface area contributed by atoms with Crippen LogP contribution in [0, 0.1) is 0 Å². The van der Waals surface area contributed by atoms with E-state index in [9.17, 15) is 0 Å². The highest BCUT2D eigenvalue weighted by molar-refractivity contribution is 5.64. The van der Waals surface area contributed by atoms with Crippen LogP contribution >= 0.6 is 0 Å². The quantitative estimate of drug-likeness (QED) is 0.626. The lowest BCUT2D eigenvalue weighted by Crippen LogP contribution is -2.33. The maximum absolute atomic E-state index is 3.08. The van der Waals surface area contributed by atoms with Gasteiger partial charge in [0.2, 0.25) is 0 Å². The molecule has 2 aromatic rings. The average Bonchev–Trinajstić information content (AvgIpc) is 2.94. The Balaban J connectivity index is 1.94. The van der Waals surface area contributed by atoms with Crippen LogP contribution in [0.15, 0.2) is 54.6 Å². The summed E-state index contributed by atoms with van der Waals surface area (Å²) in [6.07, 6.45) is 0.0821. The fraction of sp³-hybridized carbons (Fsp3) is 0.0769. The molecule has 1 saturated heterocycles. The summed E-state index contributed by atoms with van der Waals surface area (Å²) in [5.41, 5.74) is 15.4. The molecule has 1 heterocycles. The van der Waals surface area contributed by atoms with Gasteiger partial charge in [0.1, 0.15) is 6.17 Å². The molecule has 4 heteroatoms. The smallest absolute Gasteiger partial charge is 0.111 e. The van der Waals surface area contributed by atoms with Gasteiger partial charge in [0.25, 0.3) is 0 Å². The molecule has 0 radical (unpaired) electrons. The summed E-state index contributed by atoms with van der Waals surface area (Å²) in [5, 5.41) is 0. The molecular weight excluding hydrogens is 212 g/mol. The van der Waals surface area contributed by atoms with Crippen LogP contribution in [0.5, 0.6) is 0 Å². The van der Waals surface area contributed by atoms with Gasteiger partial charge in [-0.15, -0.1) is 0 Å². The van der Waals surface area contributed by atoms with Crippen LogP contribution < -0.4 is 21.9 Å². The summed E-state index contributed by atoms with van der Waals surface area (Å²) in [6, 6.07) is 18.8. The van der Waals surface area contributed by atoms with Crippen LogP contribution in [0.1, 0.15) is 11.7 Å². The third kappa shape index (κ3) is 2.20. The highest BCUT2D eigenvalue weighted by Gasteiger charge is 2.14. The normalized spacial score (nSPS) is 16.2. The van der Waals surface area contributed by atoms with E-state index >= 15 is 0 Å². The van der Waals surface area contributed by atoms with E-state index in [0.717, 1.165) is 0 Å². The molecule has 0 bridgehead atoms. The lowest BCUT2D eigenvalue weighted by Gasteiger charge is -2.11. The van der Waals surface area contributed by atoms with E-state index in [4.69, 9.17) is 0 Å². The predicted octanol–water partition coefficient (Wildman–Crippen LogP) is 1.47. The van der Waals surface area contributed by atoms with Crippen molar-refractivity contribution in [2.45, 2.75) is 6.17 Å². The van der Waals surface area contributed by atoms with Crippen molar-refractivity contribution in [2.24, 2.45) is 0 Å². The minimum Gasteiger partial charge on any atom is -0.221 e. The zero-order chi connectivity index (χ0) is 11.5. The monoisotopic (exact) mass is 226 g/mol. The first-order valence-electron chi connectivity index (χ1n) is 5.60. The predicted molar refractivity (Wildman–Crippen MR) is 67.2 cm³/mol. The minimum atomic E-state index is 0.0821. The Kier molecular flexibility index (Phi) is 2.85. The molecule has 0 aromatic heterocycles. The first kappa shape index (κ1) is 10.4. The molecule has 2 aromatic carbocycles. The second-order valence-electron chi connectivity index (χ2n) is 3.96. The Morgan fingerprint density at radius 3 is 2.18 bits per heavy atom. The molecule has 0 amide bonds. The Hall–Kier alpha value is -1.72. The van der Waals surface area contributed by atoms with E-state index in [0.29, 0.717) is 0 Å². The molecule has 0 saturated carbocycles. The van der Waals surface area contributed by atoms with Gasteiger partial charge in [-0.2, -0.15) is 11.1 Å². The molecule has 4 N–H and O–H groups in total. The van der Waals surface area contributed by atoms with Crippen molar-refractivity contribution < 1.29 is 0 Å². The van der Waals surface area contributed by atoms with Gasteiger partial charge in [0, 0.05) is 0 Å². The van der Waals surface area contributed by atoms with Gasteiger partial charge in [-0.3, -0.25) is 0 Å². The van der Waals surface area contributed by atoms with Gasteiger partial charge in [-0.05, 0) is 22.8 Å². The Morgan fingerprint density at radius 2 is 1.41 bits per heavy atom. The second kappa shape index (κ2) is 4.65. The van der Waals surface area contributed by atoms with Crippen LogP contribution in [0.4, 0.5) is 0 Å². The summed E-state index contributed by atoms with van der Waals surface area (Å²) in [7, 11) is 0. The van der Waals surface area contributed by atoms with Crippen LogP contribution in [0.25, 0.3) is 11.1 Å². The van der Waals surface area contributed by atoms with Crippen molar-refractivity contribution in [3.63, 3.8) is 0 Å². The maximum atomic E-state index is 3.08. The molecule has 1 aliphatic rings. The van der Waals surface area contributed by atoms with Crippen LogP contribution in [0.3, 0.4) is 0 Å². The highest BCUT2D eigenvalue weighted by atomic mass is 15.8. The fourth-order valence-electron chi connectivity index (χ4n) is 1.95. The van der Waals surface area contributed by atoms with Crippen molar-refractivity contribution in [3.05, 3.63) is 60.2 Å². The zero-order valence-corrected chi connectivity index (χ0v) is 9.27. The lowest BCUT2D eigenvalue weighted by atomic mass is 10.0. The molecule has 3 rings (SSSR count). The van der Waals surface area contributed by atoms with Gasteiger partial charge >= 0.3 is 0 Å². The maximum Gasteiger partial charge on any atom is 0.111 e. The molecule has 0 atom stereocenters. The summed E-state index contributed by atoms with van der Waals surface area (Å²) >= 11 is 0. The molecule has 0 spiro atoms. The van der Waals surface area contributed by atoms with E-state index in [-0.39, 0.29) is 6.17 Å². The first-order valence-corrected chi connectivity index (χ1v) is 5.60. The van der Waals surface area contributed by atoms with E-state index < -0.39 is 0 Å². The van der Waals surface area contributed by atoms with Gasteiger partial charge < -0.3 is 0 Å². The third-order valence-corrected chi connectivity index (χ3v) is 2.82. The summed E-state index contributed by atoms with van der Waals surface area (Å²) < 4.78 is 0. The Labute approximate surface area is 100.0 Å². The third-order valence-electron chi connectivity index (χ3n) is 2.82. The summed E-state index contributed by atoms with van der Waals surface area (Å²) in [5.74, 6) is 0. The van der Waals surface area contributed by atoms with Crippen molar-refractivity contribution in [2.75, 3.05) is 0 Å². The lowest BCUT2D eigenvalue weighted by molar-refractivity contribution is 0.555. The molecule has 17 heavy (non-hydrogen) atoms. The van der Waals surface area contributed by atoms with Crippen molar-refractivity contribution in [3.8, 4) is 11.1 Å². The van der Waals surface area contributed by atoms with Crippen LogP contribution in [-0.2, 0) is 0 Å². The fourth-order valence-corrected chi connectivity index (χ4v) is 1.95. The van der Waals surface area contributed by atoms with Crippen LogP contribution in [0.2, 0.25) is 0 Å². The highest BCUT2D eigenvalue weighted by Crippen LogP contribution is 2.22. The number of hydrazine groups is 3. The van der Waals surface area contributed by atoms with E-state index in [1.54, 1.807) is 0 Å². The van der Waals surface area contributed by atoms with Gasteiger partial charge in [-0.25, -0.2) is 10.9 Å². The second-order valence-corrected chi connectivity index (χ2v) is 3.96. The Bertz CT molecular complexity index is 492. The van der Waals surface area contributed by atoms with Gasteiger partial charge in [0.05, 0.1) is 0 Å². The Morgan fingerprint density at radius 1 is 0.706 bits per heavy atom. The van der Waals surface area contributed by atoms with Gasteiger partial charge in [-0.1, -0.05) is 48.5 Å². The summed E-state index contributed by atoms with van der Waals surface area (Å²) in [6.45, 7) is 0. The summed E-state index contributed by atoms with van der Waals surface area (Å²) in [4.78, 5) is 0. The standard InChI is InChI=1S/C13H14N4/c1-2-5-10(6-3-1)11-7-4-8-12(9-11)13-14-16-17-15-13/h1-9,13-17H. The average molecular weight is 226 g/mol. The van der Waals surface area contributed by atoms with Gasteiger partial charge in [0.15, 0.2) is 0 Å². The van der Waals surface area contributed by atoms with E-state index in [2.05, 4.69) is 70.5 Å². The minimum absolute atomic E-state index is 0.0821. The van der Waals surface area contributed by atoms with E-state index in [1.807, 2.05) is 6.07 Å². The molecule has 86 valence electrons. The number of hydrogen-bond acceptors (Lipinski definition) is 4. The molecule has 4 nitrogen and oxygen atoms in total. The number of benzene rings is 2. The van der Waals surface area contributed by atoms with Crippen LogP contribution in [-0.4, -0.2) is 0 Å². The van der Waals surface area contributed by atoms with Crippen molar-refractivity contribution in [1.29, 1.82) is 0 Å². The molecule has 1 aliphatic heterocycles. The molecule has 1 fully saturated rings. The SMILES string of the molecule is c1ccc(-c2cccc(C3NNNN3)c2)cc1. The van der Waals surface area contributed by atoms with Crippen molar-refractivity contribution >= 4 is 0 Å². The van der Waals surface area contributed by atoms with Crippen molar-refractivity contribution in [1.82, 2.24) is 21.9 Å². The molecule has 0 unspecified atom stereocenters. The largest absolute Gasteiger partial charge is 0.221 e. The first-order chi connectivity index (χ1) is 8.43.